The number of aromatic nitrogens is 2. The Morgan fingerprint density at radius 1 is 1.39 bits per heavy atom. The van der Waals surface area contributed by atoms with Crippen molar-refractivity contribution in [1.29, 1.82) is 0 Å². The van der Waals surface area contributed by atoms with E-state index in [1.54, 1.807) is 13.3 Å². The summed E-state index contributed by atoms with van der Waals surface area (Å²) in [6.45, 7) is 4.98. The molecule has 96 valence electrons. The van der Waals surface area contributed by atoms with Crippen molar-refractivity contribution in [2.45, 2.75) is 26.4 Å². The number of hydrogen-bond acceptors (Lipinski definition) is 3. The van der Waals surface area contributed by atoms with E-state index in [9.17, 15) is 0 Å². The van der Waals surface area contributed by atoms with Crippen LogP contribution in [0.25, 0.3) is 0 Å². The van der Waals surface area contributed by atoms with Crippen LogP contribution >= 0.6 is 0 Å². The number of ether oxygens (including phenoxy) is 1. The van der Waals surface area contributed by atoms with Gasteiger partial charge in [0.25, 0.3) is 0 Å². The van der Waals surface area contributed by atoms with Gasteiger partial charge < -0.3 is 10.1 Å². The summed E-state index contributed by atoms with van der Waals surface area (Å²) in [7, 11) is 1.70. The van der Waals surface area contributed by atoms with Gasteiger partial charge in [-0.25, -0.2) is 0 Å². The topological polar surface area (TPSA) is 49.9 Å². The van der Waals surface area contributed by atoms with Crippen LogP contribution in [-0.4, -0.2) is 17.3 Å². The third-order valence-corrected chi connectivity index (χ3v) is 3.01. The minimum Gasteiger partial charge on any atom is -0.496 e. The second-order valence-corrected chi connectivity index (χ2v) is 4.43. The van der Waals surface area contributed by atoms with Gasteiger partial charge in [0.15, 0.2) is 0 Å². The van der Waals surface area contributed by atoms with Crippen molar-refractivity contribution in [2.75, 3.05) is 7.11 Å². The predicted octanol–water partition coefficient (Wildman–Crippen LogP) is 2.58. The lowest BCUT2D eigenvalue weighted by Gasteiger charge is -2.17. The zero-order valence-electron chi connectivity index (χ0n) is 11.0. The maximum atomic E-state index is 5.40. The lowest BCUT2D eigenvalue weighted by atomic mass is 10.0. The first kappa shape index (κ1) is 12.6. The zero-order chi connectivity index (χ0) is 13.0. The van der Waals surface area contributed by atoms with Gasteiger partial charge in [-0.3, -0.25) is 5.10 Å². The molecule has 0 aliphatic heterocycles. The second kappa shape index (κ2) is 5.69. The Labute approximate surface area is 107 Å². The number of H-pyrrole nitrogens is 1. The second-order valence-electron chi connectivity index (χ2n) is 4.43. The molecule has 1 unspecified atom stereocenters. The molecule has 2 aromatic rings. The lowest BCUT2D eigenvalue weighted by Crippen LogP contribution is -2.19. The molecule has 0 saturated carbocycles. The molecule has 0 aliphatic carbocycles. The van der Waals surface area contributed by atoms with E-state index in [1.165, 1.54) is 11.1 Å². The number of aryl methyl sites for hydroxylation is 1. The Hall–Kier alpha value is -1.81. The highest BCUT2D eigenvalue weighted by Crippen LogP contribution is 2.26. The molecular formula is C14H19N3O. The van der Waals surface area contributed by atoms with Gasteiger partial charge in [-0.2, -0.15) is 5.10 Å². The Morgan fingerprint density at radius 3 is 2.89 bits per heavy atom. The predicted molar refractivity (Wildman–Crippen MR) is 71.6 cm³/mol. The molecule has 1 atom stereocenters. The SMILES string of the molecule is COc1ccc(C)cc1C(C)NCc1ccn[nH]1. The number of aromatic amines is 1. The minimum absolute atomic E-state index is 0.225. The molecule has 1 aromatic carbocycles. The summed E-state index contributed by atoms with van der Waals surface area (Å²) in [6, 6.07) is 8.42. The van der Waals surface area contributed by atoms with Gasteiger partial charge in [0.05, 0.1) is 7.11 Å². The number of hydrogen-bond donors (Lipinski definition) is 2. The van der Waals surface area contributed by atoms with E-state index >= 15 is 0 Å². The molecule has 0 amide bonds. The van der Waals surface area contributed by atoms with Crippen LogP contribution in [0.4, 0.5) is 0 Å². The number of methoxy groups -OCH3 is 1. The summed E-state index contributed by atoms with van der Waals surface area (Å²) >= 11 is 0. The van der Waals surface area contributed by atoms with Crippen LogP contribution in [0.15, 0.2) is 30.5 Å². The summed E-state index contributed by atoms with van der Waals surface area (Å²) in [5.41, 5.74) is 3.49. The zero-order valence-corrected chi connectivity index (χ0v) is 11.0. The highest BCUT2D eigenvalue weighted by Gasteiger charge is 2.11. The summed E-state index contributed by atoms with van der Waals surface area (Å²) < 4.78 is 5.40. The average molecular weight is 245 g/mol. The fourth-order valence-electron chi connectivity index (χ4n) is 1.95. The van der Waals surface area contributed by atoms with Crippen LogP contribution in [0.3, 0.4) is 0 Å². The molecule has 0 bridgehead atoms. The first-order valence-electron chi connectivity index (χ1n) is 6.07. The monoisotopic (exact) mass is 245 g/mol. The van der Waals surface area contributed by atoms with Crippen LogP contribution < -0.4 is 10.1 Å². The van der Waals surface area contributed by atoms with E-state index in [-0.39, 0.29) is 6.04 Å². The van der Waals surface area contributed by atoms with E-state index in [1.807, 2.05) is 12.1 Å². The van der Waals surface area contributed by atoms with Gasteiger partial charge in [0.2, 0.25) is 0 Å². The fourth-order valence-corrected chi connectivity index (χ4v) is 1.95. The third kappa shape index (κ3) is 2.90. The van der Waals surface area contributed by atoms with Crippen LogP contribution in [0, 0.1) is 6.92 Å². The van der Waals surface area contributed by atoms with E-state index in [0.29, 0.717) is 0 Å². The maximum absolute atomic E-state index is 5.40. The maximum Gasteiger partial charge on any atom is 0.123 e. The van der Waals surface area contributed by atoms with Gasteiger partial charge in [0, 0.05) is 30.0 Å². The number of nitrogens with one attached hydrogen (secondary N) is 2. The van der Waals surface area contributed by atoms with E-state index in [4.69, 9.17) is 4.74 Å². The van der Waals surface area contributed by atoms with Crippen molar-refractivity contribution in [3.05, 3.63) is 47.3 Å². The summed E-state index contributed by atoms with van der Waals surface area (Å²) in [6.07, 6.45) is 1.76. The minimum atomic E-state index is 0.225. The first-order valence-corrected chi connectivity index (χ1v) is 6.07. The molecule has 2 N–H and O–H groups in total. The number of rotatable bonds is 5. The molecule has 0 saturated heterocycles. The Balaban J connectivity index is 2.08. The largest absolute Gasteiger partial charge is 0.496 e. The summed E-state index contributed by atoms with van der Waals surface area (Å²) in [5, 5.41) is 10.3. The Kier molecular flexibility index (Phi) is 3.99. The van der Waals surface area contributed by atoms with Gasteiger partial charge in [0.1, 0.15) is 5.75 Å². The molecule has 18 heavy (non-hydrogen) atoms. The Morgan fingerprint density at radius 2 is 2.22 bits per heavy atom. The molecule has 0 fully saturated rings. The van der Waals surface area contributed by atoms with Crippen molar-refractivity contribution in [2.24, 2.45) is 0 Å². The molecule has 4 nitrogen and oxygen atoms in total. The normalized spacial score (nSPS) is 12.4. The summed E-state index contributed by atoms with van der Waals surface area (Å²) in [5.74, 6) is 0.921. The molecule has 2 rings (SSSR count). The van der Waals surface area contributed by atoms with Crippen LogP contribution in [-0.2, 0) is 6.54 Å². The highest BCUT2D eigenvalue weighted by molar-refractivity contribution is 5.38. The van der Waals surface area contributed by atoms with Crippen LogP contribution in [0.2, 0.25) is 0 Å². The van der Waals surface area contributed by atoms with Gasteiger partial charge in [-0.15, -0.1) is 0 Å². The van der Waals surface area contributed by atoms with Gasteiger partial charge in [-0.1, -0.05) is 17.7 Å². The van der Waals surface area contributed by atoms with Crippen molar-refractivity contribution < 1.29 is 4.74 Å². The third-order valence-electron chi connectivity index (χ3n) is 3.01. The van der Waals surface area contributed by atoms with Crippen molar-refractivity contribution in [1.82, 2.24) is 15.5 Å². The standard InChI is InChI=1S/C14H19N3O/c1-10-4-5-14(18-3)13(8-10)11(2)15-9-12-6-7-16-17-12/h4-8,11,15H,9H2,1-3H3,(H,16,17). The van der Waals surface area contributed by atoms with Crippen LogP contribution in [0.1, 0.15) is 29.8 Å². The van der Waals surface area contributed by atoms with Crippen molar-refractivity contribution in [3.63, 3.8) is 0 Å². The molecule has 0 aliphatic rings. The van der Waals surface area contributed by atoms with Crippen LogP contribution in [0.5, 0.6) is 5.75 Å². The number of benzene rings is 1. The number of nitrogens with zero attached hydrogens (tertiary/aromatic N) is 1. The smallest absolute Gasteiger partial charge is 0.123 e. The molecule has 4 heteroatoms. The Bertz CT molecular complexity index is 494. The van der Waals surface area contributed by atoms with Gasteiger partial charge >= 0.3 is 0 Å². The van der Waals surface area contributed by atoms with Crippen molar-refractivity contribution in [3.8, 4) is 5.75 Å². The molecule has 1 aromatic heterocycles. The van der Waals surface area contributed by atoms with Gasteiger partial charge in [-0.05, 0) is 26.0 Å². The molecule has 1 heterocycles. The molecule has 0 spiro atoms. The van der Waals surface area contributed by atoms with E-state index < -0.39 is 0 Å². The first-order chi connectivity index (χ1) is 8.70. The lowest BCUT2D eigenvalue weighted by molar-refractivity contribution is 0.401. The molecule has 0 radical (unpaired) electrons. The summed E-state index contributed by atoms with van der Waals surface area (Å²) in [4.78, 5) is 0. The average Bonchev–Trinajstić information content (AvgIpc) is 2.89. The van der Waals surface area contributed by atoms with E-state index in [2.05, 4.69) is 41.5 Å². The highest BCUT2D eigenvalue weighted by atomic mass is 16.5. The fraction of sp³-hybridized carbons (Fsp3) is 0.357. The molecular weight excluding hydrogens is 226 g/mol. The van der Waals surface area contributed by atoms with E-state index in [0.717, 1.165) is 18.0 Å². The quantitative estimate of drug-likeness (QED) is 0.851. The van der Waals surface area contributed by atoms with Crippen molar-refractivity contribution >= 4 is 0 Å².